The number of nitrogens with zero attached hydrogens (tertiary/aromatic N) is 4. The molecule has 0 N–H and O–H groups in total. The highest BCUT2D eigenvalue weighted by Crippen LogP contribution is 2.35. The van der Waals surface area contributed by atoms with Gasteiger partial charge in [0.05, 0.1) is 28.8 Å². The van der Waals surface area contributed by atoms with Gasteiger partial charge >= 0.3 is 5.97 Å². The Balaban J connectivity index is 1.24. The van der Waals surface area contributed by atoms with Gasteiger partial charge in [0.15, 0.2) is 5.17 Å². The quantitative estimate of drug-likeness (QED) is 0.153. The molecule has 1 fully saturated rings. The Morgan fingerprint density at radius 2 is 1.84 bits per heavy atom. The number of thioether (sulfide) groups is 1. The zero-order valence-electron chi connectivity index (χ0n) is 24.2. The number of aliphatic imine (C=N–C) groups is 1. The maximum Gasteiger partial charge on any atom is 0.310 e. The van der Waals surface area contributed by atoms with Gasteiger partial charge in [-0.25, -0.2) is 4.68 Å². The summed E-state index contributed by atoms with van der Waals surface area (Å²) in [5.74, 6) is -0.00751. The zero-order chi connectivity index (χ0) is 30.5. The van der Waals surface area contributed by atoms with E-state index in [1.807, 2.05) is 108 Å². The molecule has 0 saturated carbocycles. The molecule has 3 aromatic carbocycles. The molecule has 0 spiro atoms. The van der Waals surface area contributed by atoms with E-state index >= 15 is 0 Å². The summed E-state index contributed by atoms with van der Waals surface area (Å²) in [7, 11) is 0. The number of hydrogen-bond donors (Lipinski definition) is 0. The van der Waals surface area contributed by atoms with Crippen molar-refractivity contribution < 1.29 is 19.1 Å². The van der Waals surface area contributed by atoms with Crippen LogP contribution in [0, 0.1) is 5.92 Å². The van der Waals surface area contributed by atoms with Crippen molar-refractivity contribution in [3.63, 3.8) is 0 Å². The van der Waals surface area contributed by atoms with Crippen LogP contribution in [0.15, 0.2) is 95.0 Å². The molecule has 1 unspecified atom stereocenters. The van der Waals surface area contributed by atoms with Gasteiger partial charge in [-0.1, -0.05) is 48.0 Å². The van der Waals surface area contributed by atoms with Gasteiger partial charge in [0.2, 0.25) is 0 Å². The first-order valence-electron chi connectivity index (χ1n) is 14.5. The minimum Gasteiger partial charge on any atom is -0.489 e. The van der Waals surface area contributed by atoms with E-state index in [1.165, 1.54) is 11.8 Å². The number of carbonyl (C=O) groups excluding carboxylic acids is 2. The summed E-state index contributed by atoms with van der Waals surface area (Å²) in [6.45, 7) is 3.76. The van der Waals surface area contributed by atoms with Crippen LogP contribution >= 0.6 is 23.4 Å². The van der Waals surface area contributed by atoms with E-state index in [1.54, 1.807) is 0 Å². The third-order valence-corrected chi connectivity index (χ3v) is 8.86. The molecule has 1 atom stereocenters. The fraction of sp³-hybridized carbons (Fsp3) is 0.235. The number of ether oxygens (including phenoxy) is 2. The Morgan fingerprint density at radius 1 is 1.07 bits per heavy atom. The van der Waals surface area contributed by atoms with Crippen LogP contribution in [0.25, 0.3) is 23.0 Å². The van der Waals surface area contributed by atoms with E-state index in [4.69, 9.17) is 26.2 Å². The Hall–Kier alpha value is -4.34. The van der Waals surface area contributed by atoms with E-state index in [2.05, 4.69) is 4.99 Å². The first-order chi connectivity index (χ1) is 21.5. The summed E-state index contributed by atoms with van der Waals surface area (Å²) < 4.78 is 13.0. The van der Waals surface area contributed by atoms with Gasteiger partial charge in [0.25, 0.3) is 5.91 Å². The lowest BCUT2D eigenvalue weighted by molar-refractivity contribution is -0.149. The number of likely N-dealkylation sites (tertiary alicyclic amines) is 1. The van der Waals surface area contributed by atoms with E-state index in [0.717, 1.165) is 47.5 Å². The molecule has 2 aliphatic heterocycles. The third-order valence-electron chi connectivity index (χ3n) is 7.45. The van der Waals surface area contributed by atoms with Crippen LogP contribution in [0.2, 0.25) is 5.02 Å². The van der Waals surface area contributed by atoms with Crippen molar-refractivity contribution in [2.24, 2.45) is 10.9 Å². The smallest absolute Gasteiger partial charge is 0.310 e. The zero-order valence-corrected chi connectivity index (χ0v) is 25.8. The van der Waals surface area contributed by atoms with E-state index < -0.39 is 0 Å². The molecule has 224 valence electrons. The lowest BCUT2D eigenvalue weighted by Gasteiger charge is -2.32. The SMILES string of the molecule is CCOC(=O)C1CCCN(C2=NC(=O)C(=Cc3cn(-c4ccccc4)nc3-c3ccc(OCc4ccccc4Cl)cc3)S2)C1. The normalized spacial score (nSPS) is 17.5. The average Bonchev–Trinajstić information content (AvgIpc) is 3.65. The van der Waals surface area contributed by atoms with Crippen LogP contribution in [0.4, 0.5) is 0 Å². The number of aromatic nitrogens is 2. The Morgan fingerprint density at radius 3 is 2.61 bits per heavy atom. The highest BCUT2D eigenvalue weighted by Gasteiger charge is 2.33. The summed E-state index contributed by atoms with van der Waals surface area (Å²) in [5, 5.41) is 6.19. The molecular formula is C34H31ClN4O4S. The van der Waals surface area contributed by atoms with E-state index in [9.17, 15) is 9.59 Å². The molecule has 1 amide bonds. The highest BCUT2D eigenvalue weighted by molar-refractivity contribution is 8.18. The van der Waals surface area contributed by atoms with Crippen LogP contribution in [0.5, 0.6) is 5.75 Å². The fourth-order valence-electron chi connectivity index (χ4n) is 5.19. The van der Waals surface area contributed by atoms with Crippen LogP contribution < -0.4 is 4.74 Å². The molecule has 2 aliphatic rings. The second-order valence-electron chi connectivity index (χ2n) is 10.5. The van der Waals surface area contributed by atoms with Crippen LogP contribution in [0.3, 0.4) is 0 Å². The summed E-state index contributed by atoms with van der Waals surface area (Å²) in [6.07, 6.45) is 5.38. The molecule has 0 radical (unpaired) electrons. The van der Waals surface area contributed by atoms with Crippen molar-refractivity contribution >= 4 is 46.5 Å². The van der Waals surface area contributed by atoms with Crippen molar-refractivity contribution in [3.05, 3.63) is 106 Å². The molecule has 10 heteroatoms. The largest absolute Gasteiger partial charge is 0.489 e. The standard InChI is InChI=1S/C34H31ClN4O4S/c1-2-42-33(41)24-10-8-18-38(20-24)34-36-32(40)30(44-34)19-26-21-39(27-11-4-3-5-12-27)37-31(26)23-14-16-28(17-15-23)43-22-25-9-6-7-13-29(25)35/h3-7,9,11-17,19,21,24H,2,8,10,18,20,22H2,1H3. The number of hydrogen-bond acceptors (Lipinski definition) is 7. The predicted molar refractivity (Wildman–Crippen MR) is 174 cm³/mol. The first-order valence-corrected chi connectivity index (χ1v) is 15.7. The second-order valence-corrected chi connectivity index (χ2v) is 11.9. The Bertz CT molecular complexity index is 1720. The maximum atomic E-state index is 13.1. The Kier molecular flexibility index (Phi) is 9.14. The number of piperidine rings is 1. The number of rotatable bonds is 8. The molecule has 4 aromatic rings. The van der Waals surface area contributed by atoms with Crippen molar-refractivity contribution in [3.8, 4) is 22.7 Å². The minimum atomic E-state index is -0.301. The van der Waals surface area contributed by atoms with Crippen LogP contribution in [-0.2, 0) is 20.9 Å². The maximum absolute atomic E-state index is 13.1. The number of carbonyl (C=O) groups is 2. The summed E-state index contributed by atoms with van der Waals surface area (Å²) >= 11 is 7.61. The number of benzene rings is 3. The molecule has 0 aliphatic carbocycles. The predicted octanol–water partition coefficient (Wildman–Crippen LogP) is 7.02. The van der Waals surface area contributed by atoms with Crippen LogP contribution in [0.1, 0.15) is 30.9 Å². The molecule has 1 saturated heterocycles. The van der Waals surface area contributed by atoms with Gasteiger partial charge in [-0.05, 0) is 80.1 Å². The van der Waals surface area contributed by atoms with Gasteiger partial charge in [-0.2, -0.15) is 10.1 Å². The third kappa shape index (κ3) is 6.74. The molecule has 1 aromatic heterocycles. The van der Waals surface area contributed by atoms with Crippen molar-refractivity contribution in [2.75, 3.05) is 19.7 Å². The average molecular weight is 627 g/mol. The fourth-order valence-corrected chi connectivity index (χ4v) is 6.32. The van der Waals surface area contributed by atoms with Crippen LogP contribution in [-0.4, -0.2) is 51.4 Å². The molecule has 8 nitrogen and oxygen atoms in total. The lowest BCUT2D eigenvalue weighted by Crippen LogP contribution is -2.41. The van der Waals surface area contributed by atoms with Crippen molar-refractivity contribution in [1.82, 2.24) is 14.7 Å². The molecule has 3 heterocycles. The summed E-state index contributed by atoms with van der Waals surface area (Å²) in [4.78, 5) is 32.3. The van der Waals surface area contributed by atoms with Gasteiger partial charge in [0.1, 0.15) is 12.4 Å². The van der Waals surface area contributed by atoms with Gasteiger partial charge < -0.3 is 14.4 Å². The number of amidine groups is 1. The molecule has 44 heavy (non-hydrogen) atoms. The van der Waals surface area contributed by atoms with Crippen molar-refractivity contribution in [1.29, 1.82) is 0 Å². The monoisotopic (exact) mass is 626 g/mol. The molecular weight excluding hydrogens is 596 g/mol. The topological polar surface area (TPSA) is 86.0 Å². The van der Waals surface area contributed by atoms with Gasteiger partial charge in [-0.15, -0.1) is 0 Å². The van der Waals surface area contributed by atoms with E-state index in [0.29, 0.717) is 40.6 Å². The van der Waals surface area contributed by atoms with Gasteiger partial charge in [-0.3, -0.25) is 9.59 Å². The van der Waals surface area contributed by atoms with E-state index in [-0.39, 0.29) is 17.8 Å². The Labute approximate surface area is 265 Å². The molecule has 6 rings (SSSR count). The van der Waals surface area contributed by atoms with Crippen molar-refractivity contribution in [2.45, 2.75) is 26.4 Å². The summed E-state index contributed by atoms with van der Waals surface area (Å²) in [5.41, 5.74) is 4.20. The number of para-hydroxylation sites is 1. The second kappa shape index (κ2) is 13.5. The first kappa shape index (κ1) is 29.7. The number of amides is 1. The number of halogens is 1. The number of esters is 1. The highest BCUT2D eigenvalue weighted by atomic mass is 35.5. The molecule has 0 bridgehead atoms. The lowest BCUT2D eigenvalue weighted by atomic mass is 9.99. The summed E-state index contributed by atoms with van der Waals surface area (Å²) in [6, 6.07) is 25.1. The minimum absolute atomic E-state index is 0.193. The van der Waals surface area contributed by atoms with Gasteiger partial charge in [0, 0.05) is 41.0 Å².